The Kier molecular flexibility index (Phi) is 4.07. The lowest BCUT2D eigenvalue weighted by molar-refractivity contribution is -0.0757. The minimum atomic E-state index is -0.226. The molecule has 0 unspecified atom stereocenters. The molecule has 6 rings (SSSR count). The molecule has 2 aliphatic rings. The van der Waals surface area contributed by atoms with E-state index in [4.69, 9.17) is 4.74 Å². The molecule has 0 amide bonds. The van der Waals surface area contributed by atoms with Crippen molar-refractivity contribution in [3.63, 3.8) is 0 Å². The van der Waals surface area contributed by atoms with Gasteiger partial charge in [-0.2, -0.15) is 4.98 Å². The summed E-state index contributed by atoms with van der Waals surface area (Å²) in [5, 5.41) is 0. The molecule has 0 aromatic carbocycles. The normalized spacial score (nSPS) is 18.1. The molecule has 1 spiro atoms. The summed E-state index contributed by atoms with van der Waals surface area (Å²) >= 11 is 1.83. The number of thiophene rings is 1. The average molecular weight is 420 g/mol. The van der Waals surface area contributed by atoms with Crippen LogP contribution in [0.15, 0.2) is 37.2 Å². The maximum Gasteiger partial charge on any atom is 0.227 e. The summed E-state index contributed by atoms with van der Waals surface area (Å²) < 4.78 is 8.36. The van der Waals surface area contributed by atoms with Crippen LogP contribution in [0.5, 0.6) is 0 Å². The number of imidazole rings is 1. The Bertz CT molecular complexity index is 1210. The van der Waals surface area contributed by atoms with Gasteiger partial charge in [-0.05, 0) is 24.5 Å². The first kappa shape index (κ1) is 17.9. The number of piperidine rings is 1. The number of aromatic nitrogens is 6. The highest BCUT2D eigenvalue weighted by atomic mass is 32.1. The molecule has 4 aromatic heterocycles. The Labute approximate surface area is 177 Å². The van der Waals surface area contributed by atoms with E-state index in [9.17, 15) is 0 Å². The van der Waals surface area contributed by atoms with Gasteiger partial charge in [0.1, 0.15) is 5.52 Å². The second-order valence-electron chi connectivity index (χ2n) is 7.85. The Hall–Kier alpha value is -2.91. The number of anilines is 1. The molecule has 152 valence electrons. The van der Waals surface area contributed by atoms with Crippen LogP contribution in [0.25, 0.3) is 21.7 Å². The van der Waals surface area contributed by atoms with Crippen molar-refractivity contribution in [2.45, 2.75) is 24.9 Å². The number of fused-ring (bicyclic) bond motifs is 3. The van der Waals surface area contributed by atoms with Crippen molar-refractivity contribution in [1.29, 1.82) is 0 Å². The quantitative estimate of drug-likeness (QED) is 0.494. The van der Waals surface area contributed by atoms with E-state index >= 15 is 0 Å². The molecule has 8 nitrogen and oxygen atoms in total. The van der Waals surface area contributed by atoms with Gasteiger partial charge in [0.2, 0.25) is 5.95 Å². The van der Waals surface area contributed by atoms with Crippen LogP contribution in [0.2, 0.25) is 0 Å². The van der Waals surface area contributed by atoms with Crippen LogP contribution < -0.4 is 4.90 Å². The monoisotopic (exact) mass is 419 g/mol. The van der Waals surface area contributed by atoms with E-state index in [0.717, 1.165) is 61.8 Å². The molecule has 30 heavy (non-hydrogen) atoms. The SMILES string of the molecule is Cn1cnc2nc(N3CCC4(CC3)OCCc3sc(-c5cnccn5)cc34)ncc21. The molecule has 0 N–H and O–H groups in total. The fourth-order valence-corrected chi connectivity index (χ4v) is 5.70. The van der Waals surface area contributed by atoms with Crippen molar-refractivity contribution in [3.8, 4) is 10.6 Å². The summed E-state index contributed by atoms with van der Waals surface area (Å²) in [6, 6.07) is 2.27. The highest BCUT2D eigenvalue weighted by molar-refractivity contribution is 7.15. The number of rotatable bonds is 2. The minimum Gasteiger partial charge on any atom is -0.370 e. The van der Waals surface area contributed by atoms with Gasteiger partial charge in [-0.3, -0.25) is 9.97 Å². The Morgan fingerprint density at radius 1 is 1.10 bits per heavy atom. The third-order valence-electron chi connectivity index (χ3n) is 6.15. The molecular formula is C21H21N7OS. The zero-order valence-electron chi connectivity index (χ0n) is 16.7. The molecule has 1 saturated heterocycles. The van der Waals surface area contributed by atoms with Gasteiger partial charge in [0, 0.05) is 43.8 Å². The van der Waals surface area contributed by atoms with Crippen molar-refractivity contribution in [2.24, 2.45) is 7.05 Å². The second-order valence-corrected chi connectivity index (χ2v) is 8.99. The fraction of sp³-hybridized carbons (Fsp3) is 0.381. The van der Waals surface area contributed by atoms with E-state index in [0.29, 0.717) is 0 Å². The van der Waals surface area contributed by atoms with E-state index in [-0.39, 0.29) is 5.60 Å². The number of aryl methyl sites for hydroxylation is 1. The van der Waals surface area contributed by atoms with Gasteiger partial charge in [-0.15, -0.1) is 11.3 Å². The van der Waals surface area contributed by atoms with E-state index < -0.39 is 0 Å². The highest BCUT2D eigenvalue weighted by Gasteiger charge is 2.42. The number of hydrogen-bond acceptors (Lipinski definition) is 8. The van der Waals surface area contributed by atoms with Gasteiger partial charge in [-0.25, -0.2) is 9.97 Å². The predicted octanol–water partition coefficient (Wildman–Crippen LogP) is 2.95. The van der Waals surface area contributed by atoms with Crippen LogP contribution in [-0.4, -0.2) is 49.2 Å². The van der Waals surface area contributed by atoms with Gasteiger partial charge >= 0.3 is 0 Å². The summed E-state index contributed by atoms with van der Waals surface area (Å²) in [6.07, 6.45) is 11.7. The molecule has 1 fully saturated rings. The Balaban J connectivity index is 1.27. The summed E-state index contributed by atoms with van der Waals surface area (Å²) in [5.74, 6) is 0.748. The van der Waals surface area contributed by atoms with Crippen LogP contribution in [-0.2, 0) is 23.8 Å². The molecule has 0 atom stereocenters. The minimum absolute atomic E-state index is 0.226. The Morgan fingerprint density at radius 3 is 2.83 bits per heavy atom. The van der Waals surface area contributed by atoms with Crippen LogP contribution in [0.4, 0.5) is 5.95 Å². The lowest BCUT2D eigenvalue weighted by atomic mass is 9.82. The molecule has 0 saturated carbocycles. The molecule has 0 aliphatic carbocycles. The zero-order valence-corrected chi connectivity index (χ0v) is 17.5. The average Bonchev–Trinajstić information content (AvgIpc) is 3.40. The molecule has 0 radical (unpaired) electrons. The Morgan fingerprint density at radius 2 is 2.00 bits per heavy atom. The lowest BCUT2D eigenvalue weighted by Crippen LogP contribution is -2.46. The second kappa shape index (κ2) is 6.82. The summed E-state index contributed by atoms with van der Waals surface area (Å²) in [6.45, 7) is 2.48. The van der Waals surface area contributed by atoms with E-state index in [2.05, 4.69) is 35.9 Å². The summed E-state index contributed by atoms with van der Waals surface area (Å²) in [5.41, 5.74) is 3.73. The van der Waals surface area contributed by atoms with Crippen molar-refractivity contribution < 1.29 is 4.74 Å². The van der Waals surface area contributed by atoms with Crippen LogP contribution in [0.1, 0.15) is 23.3 Å². The number of ether oxygens (including phenoxy) is 1. The first-order valence-corrected chi connectivity index (χ1v) is 11.0. The van der Waals surface area contributed by atoms with Crippen LogP contribution in [0.3, 0.4) is 0 Å². The first-order chi connectivity index (χ1) is 14.7. The van der Waals surface area contributed by atoms with E-state index in [1.165, 1.54) is 15.3 Å². The standard InChI is InChI=1S/C21H21N7OS/c1-27-13-25-19-16(27)12-24-20(26-19)28-7-3-21(4-8-28)14-10-18(15-11-22-5-6-23-15)30-17(14)2-9-29-21/h5-6,10-13H,2-4,7-9H2,1H3. The topological polar surface area (TPSA) is 81.9 Å². The molecule has 2 aliphatic heterocycles. The highest BCUT2D eigenvalue weighted by Crippen LogP contribution is 2.46. The molecule has 4 aromatic rings. The van der Waals surface area contributed by atoms with Crippen LogP contribution in [0, 0.1) is 0 Å². The molecule has 9 heteroatoms. The van der Waals surface area contributed by atoms with Crippen molar-refractivity contribution in [2.75, 3.05) is 24.6 Å². The zero-order chi connectivity index (χ0) is 20.1. The summed E-state index contributed by atoms with van der Waals surface area (Å²) in [7, 11) is 1.96. The smallest absolute Gasteiger partial charge is 0.227 e. The van der Waals surface area contributed by atoms with E-state index in [1.807, 2.05) is 35.3 Å². The predicted molar refractivity (Wildman–Crippen MR) is 114 cm³/mol. The maximum absolute atomic E-state index is 6.43. The summed E-state index contributed by atoms with van der Waals surface area (Å²) in [4.78, 5) is 27.2. The molecule has 0 bridgehead atoms. The number of nitrogens with zero attached hydrogens (tertiary/aromatic N) is 7. The fourth-order valence-electron chi connectivity index (χ4n) is 4.51. The first-order valence-electron chi connectivity index (χ1n) is 10.1. The van der Waals surface area contributed by atoms with Crippen molar-refractivity contribution in [3.05, 3.63) is 47.6 Å². The van der Waals surface area contributed by atoms with Crippen molar-refractivity contribution >= 4 is 28.4 Å². The lowest BCUT2D eigenvalue weighted by Gasteiger charge is -2.44. The van der Waals surface area contributed by atoms with Gasteiger partial charge in [0.15, 0.2) is 5.65 Å². The third kappa shape index (κ3) is 2.80. The van der Waals surface area contributed by atoms with Gasteiger partial charge < -0.3 is 14.2 Å². The van der Waals surface area contributed by atoms with Gasteiger partial charge in [-0.1, -0.05) is 0 Å². The molecular weight excluding hydrogens is 398 g/mol. The third-order valence-corrected chi connectivity index (χ3v) is 7.36. The van der Waals surface area contributed by atoms with Gasteiger partial charge in [0.25, 0.3) is 0 Å². The van der Waals surface area contributed by atoms with Crippen molar-refractivity contribution in [1.82, 2.24) is 29.5 Å². The van der Waals surface area contributed by atoms with Crippen LogP contribution >= 0.6 is 11.3 Å². The largest absolute Gasteiger partial charge is 0.370 e. The molecule has 6 heterocycles. The van der Waals surface area contributed by atoms with Gasteiger partial charge in [0.05, 0.1) is 41.5 Å². The van der Waals surface area contributed by atoms with E-state index in [1.54, 1.807) is 18.7 Å². The number of hydrogen-bond donors (Lipinski definition) is 0. The maximum atomic E-state index is 6.43.